The molecule has 27 heavy (non-hydrogen) atoms. The fourth-order valence-corrected chi connectivity index (χ4v) is 3.08. The highest BCUT2D eigenvalue weighted by atomic mass is 16.1. The van der Waals surface area contributed by atoms with Crippen LogP contribution in [0.4, 0.5) is 5.69 Å². The van der Waals surface area contributed by atoms with E-state index in [1.54, 1.807) is 10.7 Å². The Hall–Kier alpha value is -3.47. The second-order valence-electron chi connectivity index (χ2n) is 6.45. The lowest BCUT2D eigenvalue weighted by Gasteiger charge is -2.08. The van der Waals surface area contributed by atoms with Gasteiger partial charge in [0.2, 0.25) is 0 Å². The Morgan fingerprint density at radius 2 is 1.81 bits per heavy atom. The lowest BCUT2D eigenvalue weighted by atomic mass is 10.1. The van der Waals surface area contributed by atoms with Crippen molar-refractivity contribution >= 4 is 17.2 Å². The van der Waals surface area contributed by atoms with Gasteiger partial charge in [0.25, 0.3) is 5.91 Å². The van der Waals surface area contributed by atoms with Crippen LogP contribution in [0, 0.1) is 6.92 Å². The quantitative estimate of drug-likeness (QED) is 0.585. The van der Waals surface area contributed by atoms with E-state index in [0.717, 1.165) is 29.1 Å². The van der Waals surface area contributed by atoms with Gasteiger partial charge in [-0.3, -0.25) is 4.79 Å². The van der Waals surface area contributed by atoms with Crippen molar-refractivity contribution in [2.24, 2.45) is 0 Å². The fraction of sp³-hybridized carbons (Fsp3) is 0.136. The van der Waals surface area contributed by atoms with Crippen LogP contribution in [0.15, 0.2) is 66.9 Å². The third kappa shape index (κ3) is 3.31. The van der Waals surface area contributed by atoms with E-state index in [-0.39, 0.29) is 5.91 Å². The number of nitrogens with zero attached hydrogens (tertiary/aromatic N) is 3. The van der Waals surface area contributed by atoms with E-state index in [9.17, 15) is 4.79 Å². The Kier molecular flexibility index (Phi) is 4.42. The van der Waals surface area contributed by atoms with Crippen LogP contribution in [-0.2, 0) is 6.42 Å². The molecule has 1 amide bonds. The number of carbonyl (C=O) groups is 1. The van der Waals surface area contributed by atoms with Crippen LogP contribution in [0.5, 0.6) is 0 Å². The summed E-state index contributed by atoms with van der Waals surface area (Å²) in [5.41, 5.74) is 5.76. The average Bonchev–Trinajstić information content (AvgIpc) is 3.12. The topological polar surface area (TPSA) is 59.3 Å². The molecule has 1 N–H and O–H groups in total. The maximum absolute atomic E-state index is 12.8. The van der Waals surface area contributed by atoms with Crippen LogP contribution < -0.4 is 5.32 Å². The summed E-state index contributed by atoms with van der Waals surface area (Å²) in [6.07, 6.45) is 2.54. The monoisotopic (exact) mass is 356 g/mol. The van der Waals surface area contributed by atoms with E-state index in [4.69, 9.17) is 0 Å². The molecule has 0 atom stereocenters. The van der Waals surface area contributed by atoms with Crippen molar-refractivity contribution in [1.82, 2.24) is 14.6 Å². The Morgan fingerprint density at radius 1 is 1.07 bits per heavy atom. The minimum absolute atomic E-state index is 0.216. The molecule has 4 aromatic rings. The van der Waals surface area contributed by atoms with Crippen molar-refractivity contribution in [2.75, 3.05) is 5.32 Å². The number of benzene rings is 2. The second kappa shape index (κ2) is 7.03. The van der Waals surface area contributed by atoms with E-state index >= 15 is 0 Å². The van der Waals surface area contributed by atoms with Gasteiger partial charge in [0.1, 0.15) is 5.56 Å². The molecule has 0 saturated heterocycles. The molecule has 5 nitrogen and oxygen atoms in total. The van der Waals surface area contributed by atoms with Gasteiger partial charge in [0, 0.05) is 16.9 Å². The summed E-state index contributed by atoms with van der Waals surface area (Å²) < 4.78 is 1.72. The number of amides is 1. The van der Waals surface area contributed by atoms with Gasteiger partial charge in [0.05, 0.1) is 11.9 Å². The predicted octanol–water partition coefficient (Wildman–Crippen LogP) is 4.52. The minimum atomic E-state index is -0.216. The van der Waals surface area contributed by atoms with Crippen LogP contribution in [0.3, 0.4) is 0 Å². The second-order valence-corrected chi connectivity index (χ2v) is 6.45. The van der Waals surface area contributed by atoms with E-state index in [1.165, 1.54) is 5.56 Å². The Labute approximate surface area is 157 Å². The Morgan fingerprint density at radius 3 is 2.52 bits per heavy atom. The van der Waals surface area contributed by atoms with Crippen molar-refractivity contribution in [1.29, 1.82) is 0 Å². The number of rotatable bonds is 4. The lowest BCUT2D eigenvalue weighted by Crippen LogP contribution is -2.12. The molecule has 0 aliphatic rings. The molecule has 0 fully saturated rings. The average molecular weight is 356 g/mol. The van der Waals surface area contributed by atoms with E-state index in [2.05, 4.69) is 22.3 Å². The van der Waals surface area contributed by atoms with Crippen molar-refractivity contribution in [3.05, 3.63) is 83.7 Å². The molecular formula is C22H20N4O. The zero-order valence-corrected chi connectivity index (χ0v) is 15.3. The first kappa shape index (κ1) is 17.0. The smallest absolute Gasteiger partial charge is 0.261 e. The molecule has 2 aromatic heterocycles. The van der Waals surface area contributed by atoms with Crippen LogP contribution >= 0.6 is 0 Å². The maximum atomic E-state index is 12.8. The van der Waals surface area contributed by atoms with Gasteiger partial charge in [-0.05, 0) is 37.1 Å². The third-order valence-corrected chi connectivity index (χ3v) is 4.53. The molecule has 0 aliphatic heterocycles. The summed E-state index contributed by atoms with van der Waals surface area (Å²) in [4.78, 5) is 17.3. The standard InChI is InChI=1S/C22H20N4O/c1-3-16-9-11-18(12-10-16)25-22(27)19-14-23-26-20(13-15(2)24-21(19)26)17-7-5-4-6-8-17/h4-14H,3H2,1-2H3,(H,25,27). The van der Waals surface area contributed by atoms with Crippen LogP contribution in [0.1, 0.15) is 28.5 Å². The normalized spacial score (nSPS) is 10.9. The van der Waals surface area contributed by atoms with E-state index < -0.39 is 0 Å². The van der Waals surface area contributed by atoms with Gasteiger partial charge < -0.3 is 5.32 Å². The molecule has 0 bridgehead atoms. The third-order valence-electron chi connectivity index (χ3n) is 4.53. The number of carbonyl (C=O) groups excluding carboxylic acids is 1. The Bertz CT molecular complexity index is 1100. The predicted molar refractivity (Wildman–Crippen MR) is 107 cm³/mol. The Balaban J connectivity index is 1.72. The number of fused-ring (bicyclic) bond motifs is 1. The summed E-state index contributed by atoms with van der Waals surface area (Å²) in [6.45, 7) is 4.02. The number of hydrogen-bond acceptors (Lipinski definition) is 3. The molecular weight excluding hydrogens is 336 g/mol. The molecule has 2 heterocycles. The summed E-state index contributed by atoms with van der Waals surface area (Å²) >= 11 is 0. The molecule has 0 saturated carbocycles. The van der Waals surface area contributed by atoms with Gasteiger partial charge in [-0.2, -0.15) is 5.10 Å². The molecule has 4 rings (SSSR count). The number of aromatic nitrogens is 3. The van der Waals surface area contributed by atoms with E-state index in [1.807, 2.05) is 67.6 Å². The highest BCUT2D eigenvalue weighted by Crippen LogP contribution is 2.23. The molecule has 2 aromatic carbocycles. The molecule has 0 unspecified atom stereocenters. The maximum Gasteiger partial charge on any atom is 0.261 e. The summed E-state index contributed by atoms with van der Waals surface area (Å²) in [5, 5.41) is 7.35. The summed E-state index contributed by atoms with van der Waals surface area (Å²) in [7, 11) is 0. The van der Waals surface area contributed by atoms with Crippen molar-refractivity contribution < 1.29 is 4.79 Å². The van der Waals surface area contributed by atoms with Gasteiger partial charge in [-0.25, -0.2) is 9.50 Å². The van der Waals surface area contributed by atoms with Gasteiger partial charge in [-0.15, -0.1) is 0 Å². The summed E-state index contributed by atoms with van der Waals surface area (Å²) in [6, 6.07) is 19.8. The zero-order chi connectivity index (χ0) is 18.8. The lowest BCUT2D eigenvalue weighted by molar-refractivity contribution is 0.102. The number of nitrogens with one attached hydrogen (secondary N) is 1. The van der Waals surface area contributed by atoms with Crippen molar-refractivity contribution in [3.8, 4) is 11.3 Å². The summed E-state index contributed by atoms with van der Waals surface area (Å²) in [5.74, 6) is -0.216. The molecule has 5 heteroatoms. The van der Waals surface area contributed by atoms with E-state index in [0.29, 0.717) is 11.2 Å². The van der Waals surface area contributed by atoms with Gasteiger partial charge >= 0.3 is 0 Å². The first-order valence-corrected chi connectivity index (χ1v) is 8.97. The number of hydrogen-bond donors (Lipinski definition) is 1. The first-order valence-electron chi connectivity index (χ1n) is 8.97. The number of aryl methyl sites for hydroxylation is 2. The van der Waals surface area contributed by atoms with Crippen molar-refractivity contribution in [2.45, 2.75) is 20.3 Å². The van der Waals surface area contributed by atoms with Crippen LogP contribution in [-0.4, -0.2) is 20.5 Å². The molecule has 0 radical (unpaired) electrons. The van der Waals surface area contributed by atoms with Gasteiger partial charge in [-0.1, -0.05) is 49.4 Å². The molecule has 0 aliphatic carbocycles. The van der Waals surface area contributed by atoms with Crippen LogP contribution in [0.25, 0.3) is 16.9 Å². The number of anilines is 1. The first-order chi connectivity index (χ1) is 13.2. The fourth-order valence-electron chi connectivity index (χ4n) is 3.08. The van der Waals surface area contributed by atoms with Crippen LogP contribution in [0.2, 0.25) is 0 Å². The SMILES string of the molecule is CCc1ccc(NC(=O)c2cnn3c(-c4ccccc4)cc(C)nc23)cc1. The van der Waals surface area contributed by atoms with Crippen molar-refractivity contribution in [3.63, 3.8) is 0 Å². The molecule has 0 spiro atoms. The highest BCUT2D eigenvalue weighted by molar-refractivity contribution is 6.08. The highest BCUT2D eigenvalue weighted by Gasteiger charge is 2.17. The largest absolute Gasteiger partial charge is 0.322 e. The zero-order valence-electron chi connectivity index (χ0n) is 15.3. The van der Waals surface area contributed by atoms with Gasteiger partial charge in [0.15, 0.2) is 5.65 Å². The minimum Gasteiger partial charge on any atom is -0.322 e. The molecule has 134 valence electrons.